The highest BCUT2D eigenvalue weighted by molar-refractivity contribution is 5.83. The van der Waals surface area contributed by atoms with Gasteiger partial charge in [0.05, 0.1) is 13.2 Å². The van der Waals surface area contributed by atoms with E-state index in [9.17, 15) is 0 Å². The molecule has 0 saturated carbocycles. The van der Waals surface area contributed by atoms with Crippen LogP contribution in [0.15, 0.2) is 60.8 Å². The van der Waals surface area contributed by atoms with Gasteiger partial charge in [0.15, 0.2) is 0 Å². The van der Waals surface area contributed by atoms with Crippen molar-refractivity contribution in [3.05, 3.63) is 71.9 Å². The molecule has 1 aliphatic rings. The quantitative estimate of drug-likeness (QED) is 0.713. The van der Waals surface area contributed by atoms with Crippen LogP contribution >= 0.6 is 0 Å². The SMILES string of the molecule is C1COCO1.Cc1cn(Cc2ccccc2)c2ccccc12. The molecule has 0 bridgehead atoms. The van der Waals surface area contributed by atoms with Crippen molar-refractivity contribution in [3.63, 3.8) is 0 Å². The molecular formula is C19H21NO2. The van der Waals surface area contributed by atoms with Crippen LogP contribution in [0.2, 0.25) is 0 Å². The minimum atomic E-state index is 0.500. The minimum Gasteiger partial charge on any atom is -0.353 e. The van der Waals surface area contributed by atoms with Gasteiger partial charge in [0.2, 0.25) is 0 Å². The molecule has 114 valence electrons. The highest BCUT2D eigenvalue weighted by Crippen LogP contribution is 2.21. The summed E-state index contributed by atoms with van der Waals surface area (Å²) in [7, 11) is 0. The van der Waals surface area contributed by atoms with Crippen LogP contribution in [0.5, 0.6) is 0 Å². The van der Waals surface area contributed by atoms with E-state index in [1.165, 1.54) is 22.0 Å². The van der Waals surface area contributed by atoms with Crippen LogP contribution in [0.25, 0.3) is 10.9 Å². The maximum absolute atomic E-state index is 4.72. The molecule has 1 aliphatic heterocycles. The van der Waals surface area contributed by atoms with Crippen LogP contribution in [0.3, 0.4) is 0 Å². The number of nitrogens with zero attached hydrogens (tertiary/aromatic N) is 1. The number of fused-ring (bicyclic) bond motifs is 1. The Bertz CT molecular complexity index is 707. The lowest BCUT2D eigenvalue weighted by molar-refractivity contribution is 0.0692. The first-order valence-corrected chi connectivity index (χ1v) is 7.58. The van der Waals surface area contributed by atoms with E-state index in [4.69, 9.17) is 9.47 Å². The molecule has 1 fully saturated rings. The maximum atomic E-state index is 4.72. The Balaban J connectivity index is 0.000000246. The van der Waals surface area contributed by atoms with Crippen LogP contribution in [0, 0.1) is 6.92 Å². The van der Waals surface area contributed by atoms with Crippen molar-refractivity contribution in [1.29, 1.82) is 0 Å². The first-order valence-electron chi connectivity index (χ1n) is 7.58. The van der Waals surface area contributed by atoms with E-state index in [-0.39, 0.29) is 0 Å². The van der Waals surface area contributed by atoms with Gasteiger partial charge in [-0.15, -0.1) is 0 Å². The van der Waals surface area contributed by atoms with Crippen molar-refractivity contribution in [2.45, 2.75) is 13.5 Å². The van der Waals surface area contributed by atoms with Crippen molar-refractivity contribution in [2.75, 3.05) is 20.0 Å². The zero-order valence-electron chi connectivity index (χ0n) is 12.9. The number of hydrogen-bond donors (Lipinski definition) is 0. The zero-order valence-corrected chi connectivity index (χ0v) is 12.9. The Kier molecular flexibility index (Phi) is 4.88. The van der Waals surface area contributed by atoms with E-state index in [0.717, 1.165) is 19.8 Å². The van der Waals surface area contributed by atoms with Crippen molar-refractivity contribution in [1.82, 2.24) is 4.57 Å². The number of rotatable bonds is 2. The van der Waals surface area contributed by atoms with Gasteiger partial charge in [0.1, 0.15) is 6.79 Å². The molecule has 1 aromatic heterocycles. The predicted octanol–water partition coefficient (Wildman–Crippen LogP) is 3.99. The second kappa shape index (κ2) is 7.25. The van der Waals surface area contributed by atoms with Gasteiger partial charge in [-0.05, 0) is 24.1 Å². The van der Waals surface area contributed by atoms with E-state index in [1.54, 1.807) is 0 Å². The summed E-state index contributed by atoms with van der Waals surface area (Å²) in [5, 5.41) is 1.35. The molecule has 1 saturated heterocycles. The van der Waals surface area contributed by atoms with Crippen molar-refractivity contribution >= 4 is 10.9 Å². The molecule has 2 heterocycles. The smallest absolute Gasteiger partial charge is 0.146 e. The van der Waals surface area contributed by atoms with E-state index < -0.39 is 0 Å². The van der Waals surface area contributed by atoms with E-state index in [2.05, 4.69) is 72.3 Å². The number of para-hydroxylation sites is 1. The molecule has 0 aliphatic carbocycles. The van der Waals surface area contributed by atoms with E-state index >= 15 is 0 Å². The van der Waals surface area contributed by atoms with Crippen LogP contribution in [-0.4, -0.2) is 24.6 Å². The van der Waals surface area contributed by atoms with Crippen molar-refractivity contribution in [2.24, 2.45) is 0 Å². The number of hydrogen-bond acceptors (Lipinski definition) is 2. The summed E-state index contributed by atoms with van der Waals surface area (Å²) in [6, 6.07) is 19.2. The third-order valence-electron chi connectivity index (χ3n) is 3.72. The maximum Gasteiger partial charge on any atom is 0.146 e. The van der Waals surface area contributed by atoms with Crippen LogP contribution in [0.1, 0.15) is 11.1 Å². The largest absolute Gasteiger partial charge is 0.353 e. The fourth-order valence-electron chi connectivity index (χ4n) is 2.64. The summed E-state index contributed by atoms with van der Waals surface area (Å²) >= 11 is 0. The summed E-state index contributed by atoms with van der Waals surface area (Å²) in [6.45, 7) is 5.17. The van der Waals surface area contributed by atoms with Gasteiger partial charge in [0, 0.05) is 23.6 Å². The third-order valence-corrected chi connectivity index (χ3v) is 3.72. The fraction of sp³-hybridized carbons (Fsp3) is 0.263. The molecule has 0 N–H and O–H groups in total. The molecular weight excluding hydrogens is 274 g/mol. The van der Waals surface area contributed by atoms with Crippen molar-refractivity contribution in [3.8, 4) is 0 Å². The number of ether oxygens (including phenoxy) is 2. The molecule has 0 atom stereocenters. The van der Waals surface area contributed by atoms with Gasteiger partial charge in [-0.1, -0.05) is 48.5 Å². The van der Waals surface area contributed by atoms with Gasteiger partial charge in [0.25, 0.3) is 0 Å². The summed E-state index contributed by atoms with van der Waals surface area (Å²) in [4.78, 5) is 0. The fourth-order valence-corrected chi connectivity index (χ4v) is 2.64. The van der Waals surface area contributed by atoms with E-state index in [0.29, 0.717) is 6.79 Å². The summed E-state index contributed by atoms with van der Waals surface area (Å²) in [5.41, 5.74) is 4.00. The molecule has 3 heteroatoms. The lowest BCUT2D eigenvalue weighted by Gasteiger charge is -2.05. The summed E-state index contributed by atoms with van der Waals surface area (Å²) in [5.74, 6) is 0. The van der Waals surface area contributed by atoms with Crippen LogP contribution in [0.4, 0.5) is 0 Å². The Hall–Kier alpha value is -2.10. The topological polar surface area (TPSA) is 23.4 Å². The Morgan fingerprint density at radius 3 is 2.27 bits per heavy atom. The van der Waals surface area contributed by atoms with E-state index in [1.807, 2.05) is 0 Å². The van der Waals surface area contributed by atoms with Crippen LogP contribution in [-0.2, 0) is 16.0 Å². The average Bonchev–Trinajstić information content (AvgIpc) is 3.22. The highest BCUT2D eigenvalue weighted by Gasteiger charge is 2.04. The Morgan fingerprint density at radius 1 is 0.909 bits per heavy atom. The first-order chi connectivity index (χ1) is 10.8. The molecule has 0 spiro atoms. The van der Waals surface area contributed by atoms with Crippen LogP contribution < -0.4 is 0 Å². The third kappa shape index (κ3) is 3.56. The zero-order chi connectivity index (χ0) is 15.2. The molecule has 3 aromatic rings. The number of benzene rings is 2. The molecule has 3 nitrogen and oxygen atoms in total. The van der Waals surface area contributed by atoms with Gasteiger partial charge in [-0.2, -0.15) is 0 Å². The standard InChI is InChI=1S/C16H15N.C3H6O2/c1-13-11-17(12-14-7-3-2-4-8-14)16-10-6-5-9-15(13)16;1-2-5-3-4-1/h2-11H,12H2,1H3;1-3H2. The molecule has 0 radical (unpaired) electrons. The van der Waals surface area contributed by atoms with Gasteiger partial charge in [-0.25, -0.2) is 0 Å². The van der Waals surface area contributed by atoms with Gasteiger partial charge < -0.3 is 14.0 Å². The monoisotopic (exact) mass is 295 g/mol. The Labute approximate surface area is 131 Å². The Morgan fingerprint density at radius 2 is 1.59 bits per heavy atom. The molecule has 0 amide bonds. The van der Waals surface area contributed by atoms with Crippen molar-refractivity contribution < 1.29 is 9.47 Å². The molecule has 2 aromatic carbocycles. The minimum absolute atomic E-state index is 0.500. The predicted molar refractivity (Wildman–Crippen MR) is 89.0 cm³/mol. The first kappa shape index (κ1) is 14.8. The second-order valence-electron chi connectivity index (χ2n) is 5.38. The lowest BCUT2D eigenvalue weighted by Crippen LogP contribution is -1.97. The highest BCUT2D eigenvalue weighted by atomic mass is 16.7. The van der Waals surface area contributed by atoms with Gasteiger partial charge >= 0.3 is 0 Å². The second-order valence-corrected chi connectivity index (χ2v) is 5.38. The normalized spacial score (nSPS) is 13.9. The number of aryl methyl sites for hydroxylation is 1. The van der Waals surface area contributed by atoms with Gasteiger partial charge in [-0.3, -0.25) is 0 Å². The number of aromatic nitrogens is 1. The molecule has 0 unspecified atom stereocenters. The summed E-state index contributed by atoms with van der Waals surface area (Å²) in [6.07, 6.45) is 2.23. The molecule has 22 heavy (non-hydrogen) atoms. The average molecular weight is 295 g/mol. The molecule has 4 rings (SSSR count). The summed E-state index contributed by atoms with van der Waals surface area (Å²) < 4.78 is 11.8. The lowest BCUT2D eigenvalue weighted by atomic mass is 10.2.